The lowest BCUT2D eigenvalue weighted by Gasteiger charge is -2.33. The maximum absolute atomic E-state index is 13.1. The number of nitrogens with one attached hydrogen (secondary N) is 1. The number of carbonyl (C=O) groups excluding carboxylic acids is 2. The number of ketones is 1. The molecule has 2 aromatic rings. The van der Waals surface area contributed by atoms with Gasteiger partial charge in [0.2, 0.25) is 5.91 Å². The lowest BCUT2D eigenvalue weighted by atomic mass is 9.85. The van der Waals surface area contributed by atoms with E-state index in [1.54, 1.807) is 0 Å². The van der Waals surface area contributed by atoms with Crippen molar-refractivity contribution in [3.05, 3.63) is 70.9 Å². The second-order valence-electron chi connectivity index (χ2n) is 7.24. The first-order valence-corrected chi connectivity index (χ1v) is 9.61. The van der Waals surface area contributed by atoms with E-state index in [-0.39, 0.29) is 11.7 Å². The molecule has 1 atom stereocenters. The largest absolute Gasteiger partial charge is 0.357 e. The summed E-state index contributed by atoms with van der Waals surface area (Å²) in [6.07, 6.45) is 2.59. The van der Waals surface area contributed by atoms with Gasteiger partial charge in [0.1, 0.15) is 0 Å². The summed E-state index contributed by atoms with van der Waals surface area (Å²) in [6.45, 7) is 3.91. The predicted molar refractivity (Wildman–Crippen MR) is 108 cm³/mol. The van der Waals surface area contributed by atoms with Gasteiger partial charge in [0.25, 0.3) is 0 Å². The number of aryl methyl sites for hydroxylation is 1. The second-order valence-corrected chi connectivity index (χ2v) is 7.24. The average molecular weight is 360 g/mol. The van der Waals surface area contributed by atoms with Crippen molar-refractivity contribution in [2.45, 2.75) is 45.6 Å². The Labute approximate surface area is 159 Å². The SMILES string of the molecule is CCC(=O)N1c2ccccc2NC2=C(C(=O)CCC2)[C@H]1c1ccc(C)cc1. The number of benzene rings is 2. The van der Waals surface area contributed by atoms with Crippen molar-refractivity contribution in [2.24, 2.45) is 0 Å². The van der Waals surface area contributed by atoms with Gasteiger partial charge in [-0.2, -0.15) is 0 Å². The first kappa shape index (κ1) is 17.5. The maximum Gasteiger partial charge on any atom is 0.227 e. The fourth-order valence-corrected chi connectivity index (χ4v) is 4.04. The third kappa shape index (κ3) is 3.05. The molecule has 1 N–H and O–H groups in total. The minimum absolute atomic E-state index is 0.0157. The van der Waals surface area contributed by atoms with Crippen molar-refractivity contribution in [1.82, 2.24) is 0 Å². The molecule has 1 heterocycles. The summed E-state index contributed by atoms with van der Waals surface area (Å²) in [5.74, 6) is 0.151. The number of carbonyl (C=O) groups is 2. The zero-order chi connectivity index (χ0) is 19.0. The molecular weight excluding hydrogens is 336 g/mol. The van der Waals surface area contributed by atoms with E-state index in [4.69, 9.17) is 0 Å². The van der Waals surface area contributed by atoms with Crippen molar-refractivity contribution < 1.29 is 9.59 Å². The Morgan fingerprint density at radius 1 is 1.11 bits per heavy atom. The van der Waals surface area contributed by atoms with Gasteiger partial charge in [-0.25, -0.2) is 0 Å². The van der Waals surface area contributed by atoms with E-state index in [2.05, 4.69) is 5.32 Å². The molecular formula is C23H24N2O2. The molecule has 138 valence electrons. The molecule has 0 spiro atoms. The van der Waals surface area contributed by atoms with Gasteiger partial charge in [-0.1, -0.05) is 48.9 Å². The number of hydrogen-bond acceptors (Lipinski definition) is 3. The van der Waals surface area contributed by atoms with Crippen LogP contribution in [0.25, 0.3) is 0 Å². The molecule has 4 rings (SSSR count). The van der Waals surface area contributed by atoms with Crippen molar-refractivity contribution >= 4 is 23.1 Å². The van der Waals surface area contributed by atoms with E-state index < -0.39 is 6.04 Å². The van der Waals surface area contributed by atoms with E-state index in [1.165, 1.54) is 0 Å². The number of rotatable bonds is 2. The van der Waals surface area contributed by atoms with Gasteiger partial charge < -0.3 is 5.32 Å². The predicted octanol–water partition coefficient (Wildman–Crippen LogP) is 4.91. The minimum atomic E-state index is -0.392. The number of Topliss-reactive ketones (excluding diaryl/α,β-unsaturated/α-hetero) is 1. The summed E-state index contributed by atoms with van der Waals surface area (Å²) in [4.78, 5) is 27.9. The Morgan fingerprint density at radius 2 is 1.85 bits per heavy atom. The molecule has 0 fully saturated rings. The zero-order valence-electron chi connectivity index (χ0n) is 15.8. The molecule has 0 unspecified atom stereocenters. The van der Waals surface area contributed by atoms with Crippen LogP contribution in [0.4, 0.5) is 11.4 Å². The highest BCUT2D eigenvalue weighted by atomic mass is 16.2. The molecule has 1 amide bonds. The number of fused-ring (bicyclic) bond motifs is 1. The first-order chi connectivity index (χ1) is 13.1. The van der Waals surface area contributed by atoms with Crippen molar-refractivity contribution in [3.63, 3.8) is 0 Å². The molecule has 27 heavy (non-hydrogen) atoms. The van der Waals surface area contributed by atoms with Crippen LogP contribution in [0.2, 0.25) is 0 Å². The average Bonchev–Trinajstić information content (AvgIpc) is 2.83. The van der Waals surface area contributed by atoms with Crippen LogP contribution in [-0.4, -0.2) is 11.7 Å². The van der Waals surface area contributed by atoms with Crippen LogP contribution in [0, 0.1) is 6.92 Å². The van der Waals surface area contributed by atoms with Crippen LogP contribution >= 0.6 is 0 Å². The summed E-state index contributed by atoms with van der Waals surface area (Å²) < 4.78 is 0. The van der Waals surface area contributed by atoms with E-state index in [1.807, 2.05) is 67.3 Å². The molecule has 0 radical (unpaired) electrons. The molecule has 2 aliphatic rings. The van der Waals surface area contributed by atoms with Gasteiger partial charge >= 0.3 is 0 Å². The molecule has 0 saturated carbocycles. The molecule has 2 aromatic carbocycles. The van der Waals surface area contributed by atoms with Gasteiger partial charge in [-0.05, 0) is 37.5 Å². The Hall–Kier alpha value is -2.88. The Bertz CT molecular complexity index is 928. The second kappa shape index (κ2) is 7.03. The smallest absolute Gasteiger partial charge is 0.227 e. The highest BCUT2D eigenvalue weighted by Gasteiger charge is 2.38. The van der Waals surface area contributed by atoms with Gasteiger partial charge in [-0.3, -0.25) is 14.5 Å². The Balaban J connectivity index is 1.99. The highest BCUT2D eigenvalue weighted by molar-refractivity contribution is 6.06. The van der Waals surface area contributed by atoms with Crippen molar-refractivity contribution in [2.75, 3.05) is 10.2 Å². The van der Waals surface area contributed by atoms with Crippen molar-refractivity contribution in [1.29, 1.82) is 0 Å². The summed E-state index contributed by atoms with van der Waals surface area (Å²) in [5, 5.41) is 3.48. The number of hydrogen-bond donors (Lipinski definition) is 1. The van der Waals surface area contributed by atoms with Crippen LogP contribution in [0.3, 0.4) is 0 Å². The van der Waals surface area contributed by atoms with E-state index in [9.17, 15) is 9.59 Å². The number of amides is 1. The molecule has 0 aromatic heterocycles. The summed E-state index contributed by atoms with van der Waals surface area (Å²) in [5.41, 5.74) is 5.54. The van der Waals surface area contributed by atoms with E-state index >= 15 is 0 Å². The Morgan fingerprint density at radius 3 is 2.59 bits per heavy atom. The molecule has 4 heteroatoms. The maximum atomic E-state index is 13.1. The van der Waals surface area contributed by atoms with Gasteiger partial charge in [0, 0.05) is 24.1 Å². The number of allylic oxidation sites excluding steroid dienone is 1. The van der Waals surface area contributed by atoms with Gasteiger partial charge in [-0.15, -0.1) is 0 Å². The topological polar surface area (TPSA) is 49.4 Å². The van der Waals surface area contributed by atoms with Gasteiger partial charge in [0.15, 0.2) is 5.78 Å². The zero-order valence-corrected chi connectivity index (χ0v) is 15.8. The molecule has 1 aliphatic heterocycles. The normalized spacial score (nSPS) is 19.1. The number of nitrogens with zero attached hydrogens (tertiary/aromatic N) is 1. The number of para-hydroxylation sites is 2. The summed E-state index contributed by atoms with van der Waals surface area (Å²) in [7, 11) is 0. The van der Waals surface area contributed by atoms with Crippen LogP contribution in [-0.2, 0) is 9.59 Å². The van der Waals surface area contributed by atoms with Crippen LogP contribution in [0.5, 0.6) is 0 Å². The Kier molecular flexibility index (Phi) is 4.56. The monoisotopic (exact) mass is 360 g/mol. The van der Waals surface area contributed by atoms with Gasteiger partial charge in [0.05, 0.1) is 17.4 Å². The standard InChI is InChI=1S/C23H24N2O2/c1-3-21(27)25-19-9-5-4-7-17(19)24-18-8-6-10-20(26)22(18)23(25)16-13-11-15(2)12-14-16/h4-5,7,9,11-14,23-24H,3,6,8,10H2,1-2H3/t23-/m1/s1. The highest BCUT2D eigenvalue weighted by Crippen LogP contribution is 2.44. The van der Waals surface area contributed by atoms with Crippen LogP contribution < -0.4 is 10.2 Å². The molecule has 1 aliphatic carbocycles. The molecule has 0 saturated heterocycles. The van der Waals surface area contributed by atoms with E-state index in [0.717, 1.165) is 46.6 Å². The number of anilines is 2. The third-order valence-electron chi connectivity index (χ3n) is 5.40. The molecule has 4 nitrogen and oxygen atoms in total. The molecule has 0 bridgehead atoms. The van der Waals surface area contributed by atoms with Crippen LogP contribution in [0.1, 0.15) is 49.8 Å². The first-order valence-electron chi connectivity index (χ1n) is 9.61. The minimum Gasteiger partial charge on any atom is -0.357 e. The summed E-state index contributed by atoms with van der Waals surface area (Å²) >= 11 is 0. The van der Waals surface area contributed by atoms with Crippen molar-refractivity contribution in [3.8, 4) is 0 Å². The van der Waals surface area contributed by atoms with Crippen LogP contribution in [0.15, 0.2) is 59.8 Å². The van der Waals surface area contributed by atoms with E-state index in [0.29, 0.717) is 12.8 Å². The fourth-order valence-electron chi connectivity index (χ4n) is 4.04. The lowest BCUT2D eigenvalue weighted by molar-refractivity contribution is -0.118. The lowest BCUT2D eigenvalue weighted by Crippen LogP contribution is -2.37. The fraction of sp³-hybridized carbons (Fsp3) is 0.304. The quantitative estimate of drug-likeness (QED) is 0.828. The summed E-state index contributed by atoms with van der Waals surface area (Å²) in [6, 6.07) is 15.6. The third-order valence-corrected chi connectivity index (χ3v) is 5.40.